The normalized spacial score (nSPS) is 11.0. The highest BCUT2D eigenvalue weighted by Crippen LogP contribution is 2.22. The first-order chi connectivity index (χ1) is 12.2. The van der Waals surface area contributed by atoms with Crippen LogP contribution in [0.25, 0.3) is 11.3 Å². The molecule has 1 heterocycles. The Hall–Kier alpha value is -1.97. The Morgan fingerprint density at radius 3 is 2.16 bits per heavy atom. The van der Waals surface area contributed by atoms with Crippen molar-refractivity contribution in [3.8, 4) is 17.0 Å². The number of aryl methyl sites for hydroxylation is 1. The van der Waals surface area contributed by atoms with E-state index in [1.165, 1.54) is 62.6 Å². The van der Waals surface area contributed by atoms with Gasteiger partial charge in [-0.25, -0.2) is 0 Å². The molecule has 1 aromatic heterocycles. The highest BCUT2D eigenvalue weighted by molar-refractivity contribution is 5.60. The summed E-state index contributed by atoms with van der Waals surface area (Å²) in [4.78, 5) is 4.49. The lowest BCUT2D eigenvalue weighted by Crippen LogP contribution is -2.01. The fourth-order valence-electron chi connectivity index (χ4n) is 2.84. The van der Waals surface area contributed by atoms with Gasteiger partial charge in [0.1, 0.15) is 5.75 Å². The quantitative estimate of drug-likeness (QED) is 0.425. The van der Waals surface area contributed by atoms with Crippen LogP contribution in [0.15, 0.2) is 42.6 Å². The molecule has 0 atom stereocenters. The first-order valence-corrected chi connectivity index (χ1v) is 9.19. The molecule has 0 aliphatic heterocycles. The zero-order chi connectivity index (χ0) is 17.9. The fourth-order valence-corrected chi connectivity index (χ4v) is 2.84. The highest BCUT2D eigenvalue weighted by Gasteiger charge is 2.05. The smallest absolute Gasteiger partial charge is 0.387 e. The number of halogens is 2. The summed E-state index contributed by atoms with van der Waals surface area (Å²) >= 11 is 0. The summed E-state index contributed by atoms with van der Waals surface area (Å²) in [6.45, 7) is -0.558. The second kappa shape index (κ2) is 10.8. The van der Waals surface area contributed by atoms with Gasteiger partial charge in [-0.15, -0.1) is 0 Å². The van der Waals surface area contributed by atoms with E-state index in [0.717, 1.165) is 17.7 Å². The Kier molecular flexibility index (Phi) is 8.36. The molecule has 2 rings (SSSR count). The molecule has 0 saturated heterocycles. The maximum absolute atomic E-state index is 12.2. The predicted octanol–water partition coefficient (Wildman–Crippen LogP) is 6.64. The lowest BCUT2D eigenvalue weighted by Gasteiger charge is -2.06. The number of ether oxygens (including phenoxy) is 1. The number of pyridine rings is 1. The van der Waals surface area contributed by atoms with E-state index in [0.29, 0.717) is 0 Å². The molecular weight excluding hydrogens is 320 g/mol. The van der Waals surface area contributed by atoms with Gasteiger partial charge in [-0.2, -0.15) is 8.78 Å². The Balaban J connectivity index is 1.77. The molecule has 0 bridgehead atoms. The largest absolute Gasteiger partial charge is 0.435 e. The number of alkyl halides is 2. The summed E-state index contributed by atoms with van der Waals surface area (Å²) in [6.07, 6.45) is 12.1. The number of rotatable bonds is 11. The Morgan fingerprint density at radius 1 is 0.880 bits per heavy atom. The van der Waals surface area contributed by atoms with E-state index in [2.05, 4.69) is 22.7 Å². The van der Waals surface area contributed by atoms with Crippen molar-refractivity contribution in [2.45, 2.75) is 64.9 Å². The average molecular weight is 347 g/mol. The lowest BCUT2D eigenvalue weighted by molar-refractivity contribution is -0.0498. The van der Waals surface area contributed by atoms with E-state index in [-0.39, 0.29) is 5.75 Å². The first-order valence-electron chi connectivity index (χ1n) is 9.19. The molecule has 0 saturated carbocycles. The van der Waals surface area contributed by atoms with Gasteiger partial charge in [0.2, 0.25) is 0 Å². The molecule has 0 aliphatic rings. The molecule has 0 N–H and O–H groups in total. The monoisotopic (exact) mass is 347 g/mol. The third-order valence-electron chi connectivity index (χ3n) is 4.27. The zero-order valence-corrected chi connectivity index (χ0v) is 14.9. The first kappa shape index (κ1) is 19.4. The van der Waals surface area contributed by atoms with Crippen molar-refractivity contribution in [1.29, 1.82) is 0 Å². The molecular formula is C21H27F2NO. The summed E-state index contributed by atoms with van der Waals surface area (Å²) < 4.78 is 28.7. The van der Waals surface area contributed by atoms with E-state index >= 15 is 0 Å². The minimum absolute atomic E-state index is 0.161. The molecule has 0 aliphatic carbocycles. The molecule has 4 heteroatoms. The third-order valence-corrected chi connectivity index (χ3v) is 4.27. The van der Waals surface area contributed by atoms with E-state index in [1.807, 2.05) is 12.3 Å². The van der Waals surface area contributed by atoms with Crippen LogP contribution in [0.4, 0.5) is 8.78 Å². The van der Waals surface area contributed by atoms with Gasteiger partial charge in [0.05, 0.1) is 5.69 Å². The number of hydrogen-bond acceptors (Lipinski definition) is 2. The van der Waals surface area contributed by atoms with Gasteiger partial charge in [-0.1, -0.05) is 51.5 Å². The van der Waals surface area contributed by atoms with Crippen molar-refractivity contribution in [3.05, 3.63) is 48.2 Å². The lowest BCUT2D eigenvalue weighted by atomic mass is 10.0. The molecule has 0 amide bonds. The van der Waals surface area contributed by atoms with Gasteiger partial charge in [0, 0.05) is 11.8 Å². The van der Waals surface area contributed by atoms with E-state index < -0.39 is 6.61 Å². The molecule has 0 spiro atoms. The van der Waals surface area contributed by atoms with Gasteiger partial charge in [-0.3, -0.25) is 4.98 Å². The van der Waals surface area contributed by atoms with Crippen LogP contribution in [0.1, 0.15) is 57.4 Å². The second-order valence-electron chi connectivity index (χ2n) is 6.33. The third kappa shape index (κ3) is 7.20. The zero-order valence-electron chi connectivity index (χ0n) is 14.9. The molecule has 136 valence electrons. The van der Waals surface area contributed by atoms with Crippen LogP contribution in [0, 0.1) is 0 Å². The number of benzene rings is 1. The summed E-state index contributed by atoms with van der Waals surface area (Å²) in [6, 6.07) is 10.7. The number of unbranched alkanes of at least 4 members (excludes halogenated alkanes) is 6. The molecule has 0 radical (unpaired) electrons. The molecule has 1 aromatic carbocycles. The summed E-state index contributed by atoms with van der Waals surface area (Å²) in [7, 11) is 0. The maximum atomic E-state index is 12.2. The molecule has 25 heavy (non-hydrogen) atoms. The summed E-state index contributed by atoms with van der Waals surface area (Å²) in [5, 5.41) is 0. The molecule has 0 fully saturated rings. The molecule has 0 unspecified atom stereocenters. The fraction of sp³-hybridized carbons (Fsp3) is 0.476. The number of aromatic nitrogens is 1. The maximum Gasteiger partial charge on any atom is 0.387 e. The van der Waals surface area contributed by atoms with Crippen molar-refractivity contribution in [2.24, 2.45) is 0 Å². The predicted molar refractivity (Wildman–Crippen MR) is 98.0 cm³/mol. The van der Waals surface area contributed by atoms with Crippen LogP contribution in [0.5, 0.6) is 5.75 Å². The highest BCUT2D eigenvalue weighted by atomic mass is 19.3. The van der Waals surface area contributed by atoms with Crippen LogP contribution in [0.3, 0.4) is 0 Å². The summed E-state index contributed by atoms with van der Waals surface area (Å²) in [5.74, 6) is 0.161. The Morgan fingerprint density at radius 2 is 1.56 bits per heavy atom. The van der Waals surface area contributed by atoms with Gasteiger partial charge in [0.25, 0.3) is 0 Å². The summed E-state index contributed by atoms with van der Waals surface area (Å²) in [5.41, 5.74) is 2.98. The molecule has 2 nitrogen and oxygen atoms in total. The molecule has 2 aromatic rings. The van der Waals surface area contributed by atoms with Crippen molar-refractivity contribution in [1.82, 2.24) is 4.98 Å². The topological polar surface area (TPSA) is 22.1 Å². The van der Waals surface area contributed by atoms with Crippen molar-refractivity contribution < 1.29 is 13.5 Å². The second-order valence-corrected chi connectivity index (χ2v) is 6.33. The number of nitrogens with zero attached hydrogens (tertiary/aromatic N) is 1. The van der Waals surface area contributed by atoms with Gasteiger partial charge in [0.15, 0.2) is 0 Å². The van der Waals surface area contributed by atoms with Crippen molar-refractivity contribution >= 4 is 0 Å². The van der Waals surface area contributed by atoms with Crippen molar-refractivity contribution in [3.63, 3.8) is 0 Å². The van der Waals surface area contributed by atoms with Gasteiger partial charge < -0.3 is 4.74 Å². The Labute approximate surface area is 149 Å². The van der Waals surface area contributed by atoms with E-state index in [9.17, 15) is 8.78 Å². The number of hydrogen-bond donors (Lipinski definition) is 0. The van der Waals surface area contributed by atoms with Crippen LogP contribution in [0.2, 0.25) is 0 Å². The van der Waals surface area contributed by atoms with Crippen LogP contribution >= 0.6 is 0 Å². The Bertz CT molecular complexity index is 596. The van der Waals surface area contributed by atoms with Gasteiger partial charge in [-0.05, 0) is 48.7 Å². The SMILES string of the molecule is CCCCCCCCCc1ccc(-c2ccc(OC(F)F)cc2)nc1. The van der Waals surface area contributed by atoms with E-state index in [4.69, 9.17) is 0 Å². The van der Waals surface area contributed by atoms with E-state index in [1.54, 1.807) is 12.1 Å². The van der Waals surface area contributed by atoms with Gasteiger partial charge >= 0.3 is 6.61 Å². The average Bonchev–Trinajstić information content (AvgIpc) is 2.62. The van der Waals surface area contributed by atoms with Crippen molar-refractivity contribution in [2.75, 3.05) is 0 Å². The van der Waals surface area contributed by atoms with Crippen LogP contribution < -0.4 is 4.74 Å². The van der Waals surface area contributed by atoms with Crippen LogP contribution in [-0.2, 0) is 6.42 Å². The standard InChI is InChI=1S/C21H27F2NO/c1-2-3-4-5-6-7-8-9-17-10-15-20(24-16-17)18-11-13-19(14-12-18)25-21(22)23/h10-16,21H,2-9H2,1H3. The minimum Gasteiger partial charge on any atom is -0.435 e. The minimum atomic E-state index is -2.80. The van der Waals surface area contributed by atoms with Crippen LogP contribution in [-0.4, -0.2) is 11.6 Å².